The Bertz CT molecular complexity index is 685. The topological polar surface area (TPSA) is 91.8 Å². The molecule has 0 bridgehead atoms. The molecule has 1 atom stereocenters. The summed E-state index contributed by atoms with van der Waals surface area (Å²) in [4.78, 5) is 23.1. The highest BCUT2D eigenvalue weighted by molar-refractivity contribution is 7.92. The molecule has 1 aliphatic heterocycles. The van der Waals surface area contributed by atoms with Crippen molar-refractivity contribution in [2.24, 2.45) is 0 Å². The molecular formula is C12H12FNO5S. The first kappa shape index (κ1) is 14.4. The number of carboxylic acid groups (broad SMARTS) is 1. The lowest BCUT2D eigenvalue weighted by Crippen LogP contribution is -2.32. The van der Waals surface area contributed by atoms with Crippen molar-refractivity contribution in [2.45, 2.75) is 16.6 Å². The third kappa shape index (κ3) is 2.26. The van der Waals surface area contributed by atoms with Crippen LogP contribution in [-0.2, 0) is 14.6 Å². The molecule has 8 heteroatoms. The third-order valence-electron chi connectivity index (χ3n) is 3.24. The van der Waals surface area contributed by atoms with Crippen molar-refractivity contribution in [3.05, 3.63) is 29.6 Å². The molecule has 1 N–H and O–H groups in total. The van der Waals surface area contributed by atoms with Gasteiger partial charge in [-0.05, 0) is 24.6 Å². The van der Waals surface area contributed by atoms with E-state index in [-0.39, 0.29) is 18.5 Å². The second-order valence-electron chi connectivity index (χ2n) is 4.53. The van der Waals surface area contributed by atoms with Crippen LogP contribution in [-0.4, -0.2) is 49.1 Å². The minimum Gasteiger partial charge on any atom is -0.478 e. The minimum absolute atomic E-state index is 0.0639. The van der Waals surface area contributed by atoms with Crippen LogP contribution in [0.4, 0.5) is 4.39 Å². The lowest BCUT2D eigenvalue weighted by Gasteiger charge is -2.12. The Balaban J connectivity index is 2.52. The maximum absolute atomic E-state index is 13.7. The van der Waals surface area contributed by atoms with Gasteiger partial charge in [0, 0.05) is 13.6 Å². The number of amides is 1. The summed E-state index contributed by atoms with van der Waals surface area (Å²) in [6.07, 6.45) is 0.0639. The van der Waals surface area contributed by atoms with Gasteiger partial charge in [-0.15, -0.1) is 0 Å². The molecule has 1 amide bonds. The molecule has 1 aliphatic rings. The van der Waals surface area contributed by atoms with E-state index in [9.17, 15) is 22.4 Å². The number of benzene rings is 1. The Morgan fingerprint density at radius 1 is 1.45 bits per heavy atom. The van der Waals surface area contributed by atoms with Gasteiger partial charge < -0.3 is 10.0 Å². The van der Waals surface area contributed by atoms with Crippen LogP contribution in [0.1, 0.15) is 16.8 Å². The van der Waals surface area contributed by atoms with Crippen molar-refractivity contribution in [3.8, 4) is 0 Å². The van der Waals surface area contributed by atoms with E-state index in [1.54, 1.807) is 0 Å². The maximum Gasteiger partial charge on any atom is 0.335 e. The van der Waals surface area contributed by atoms with Gasteiger partial charge in [0.05, 0.1) is 5.56 Å². The van der Waals surface area contributed by atoms with Crippen LogP contribution in [0.25, 0.3) is 0 Å². The van der Waals surface area contributed by atoms with Gasteiger partial charge in [-0.3, -0.25) is 4.79 Å². The number of aromatic carboxylic acids is 1. The van der Waals surface area contributed by atoms with E-state index < -0.39 is 37.7 Å². The Hall–Kier alpha value is -1.96. The number of halogens is 1. The molecule has 1 fully saturated rings. The van der Waals surface area contributed by atoms with Gasteiger partial charge in [-0.25, -0.2) is 17.6 Å². The van der Waals surface area contributed by atoms with Crippen LogP contribution in [0.3, 0.4) is 0 Å². The fraction of sp³-hybridized carbons (Fsp3) is 0.333. The van der Waals surface area contributed by atoms with Crippen molar-refractivity contribution in [1.29, 1.82) is 0 Å². The minimum atomic E-state index is -4.24. The highest BCUT2D eigenvalue weighted by Crippen LogP contribution is 2.27. The number of likely N-dealkylation sites (tertiary alicyclic amines) is 1. The average Bonchev–Trinajstić information content (AvgIpc) is 2.70. The first-order chi connectivity index (χ1) is 9.25. The monoisotopic (exact) mass is 301 g/mol. The number of hydrogen-bond donors (Lipinski definition) is 1. The Morgan fingerprint density at radius 3 is 2.60 bits per heavy atom. The van der Waals surface area contributed by atoms with E-state index in [0.29, 0.717) is 0 Å². The van der Waals surface area contributed by atoms with Crippen LogP contribution in [0.2, 0.25) is 0 Å². The smallest absolute Gasteiger partial charge is 0.335 e. The lowest BCUT2D eigenvalue weighted by atomic mass is 10.2. The van der Waals surface area contributed by atoms with E-state index in [1.165, 1.54) is 11.9 Å². The van der Waals surface area contributed by atoms with Crippen molar-refractivity contribution >= 4 is 21.7 Å². The summed E-state index contributed by atoms with van der Waals surface area (Å²) < 4.78 is 38.3. The van der Waals surface area contributed by atoms with Crippen LogP contribution < -0.4 is 0 Å². The summed E-state index contributed by atoms with van der Waals surface area (Å²) >= 11 is 0. The summed E-state index contributed by atoms with van der Waals surface area (Å²) in [7, 11) is -2.78. The Morgan fingerprint density at radius 2 is 2.10 bits per heavy atom. The first-order valence-corrected chi connectivity index (χ1v) is 7.31. The predicted molar refractivity (Wildman–Crippen MR) is 66.6 cm³/mol. The van der Waals surface area contributed by atoms with E-state index in [2.05, 4.69) is 0 Å². The summed E-state index contributed by atoms with van der Waals surface area (Å²) in [5.74, 6) is -3.03. The summed E-state index contributed by atoms with van der Waals surface area (Å²) in [5, 5.41) is 7.48. The third-order valence-corrected chi connectivity index (χ3v) is 5.35. The van der Waals surface area contributed by atoms with Gasteiger partial charge in [0.15, 0.2) is 9.84 Å². The standard InChI is InChI=1S/C12H12FNO5S/c1-14-5-4-9(11(14)15)20(18,19)10-6-7(12(16)17)2-3-8(10)13/h2-3,6,9H,4-5H2,1H3,(H,16,17). The van der Waals surface area contributed by atoms with E-state index in [1.807, 2.05) is 0 Å². The van der Waals surface area contributed by atoms with Crippen molar-refractivity contribution in [3.63, 3.8) is 0 Å². The fourth-order valence-corrected chi connectivity index (χ4v) is 3.88. The number of rotatable bonds is 3. The molecule has 1 heterocycles. The predicted octanol–water partition coefficient (Wildman–Crippen LogP) is 0.528. The van der Waals surface area contributed by atoms with Gasteiger partial charge in [-0.1, -0.05) is 0 Å². The quantitative estimate of drug-likeness (QED) is 0.879. The summed E-state index contributed by atoms with van der Waals surface area (Å²) in [6.45, 7) is 0.267. The van der Waals surface area contributed by atoms with Crippen LogP contribution in [0, 0.1) is 5.82 Å². The molecule has 1 aromatic carbocycles. The van der Waals surface area contributed by atoms with Crippen LogP contribution >= 0.6 is 0 Å². The number of carbonyl (C=O) groups excluding carboxylic acids is 1. The molecule has 1 saturated heterocycles. The molecule has 108 valence electrons. The van der Waals surface area contributed by atoms with Crippen molar-refractivity contribution in [1.82, 2.24) is 4.90 Å². The molecule has 20 heavy (non-hydrogen) atoms. The molecular weight excluding hydrogens is 289 g/mol. The Labute approximate surface area is 114 Å². The lowest BCUT2D eigenvalue weighted by molar-refractivity contribution is -0.126. The van der Waals surface area contributed by atoms with Crippen LogP contribution in [0.15, 0.2) is 23.1 Å². The van der Waals surface area contributed by atoms with E-state index in [0.717, 1.165) is 18.2 Å². The molecule has 1 aromatic rings. The second-order valence-corrected chi connectivity index (χ2v) is 6.63. The van der Waals surface area contributed by atoms with Gasteiger partial charge in [0.2, 0.25) is 5.91 Å². The molecule has 6 nitrogen and oxygen atoms in total. The number of nitrogens with zero attached hydrogens (tertiary/aromatic N) is 1. The number of sulfone groups is 1. The molecule has 0 radical (unpaired) electrons. The average molecular weight is 301 g/mol. The molecule has 0 aliphatic carbocycles. The van der Waals surface area contributed by atoms with Gasteiger partial charge in [-0.2, -0.15) is 0 Å². The number of carboxylic acids is 1. The maximum atomic E-state index is 13.7. The highest BCUT2D eigenvalue weighted by Gasteiger charge is 2.41. The van der Waals surface area contributed by atoms with E-state index >= 15 is 0 Å². The molecule has 0 saturated carbocycles. The zero-order chi connectivity index (χ0) is 15.1. The number of carbonyl (C=O) groups is 2. The summed E-state index contributed by atoms with van der Waals surface area (Å²) in [6, 6.07) is 2.50. The zero-order valence-electron chi connectivity index (χ0n) is 10.5. The van der Waals surface area contributed by atoms with Gasteiger partial charge in [0.25, 0.3) is 0 Å². The zero-order valence-corrected chi connectivity index (χ0v) is 11.4. The van der Waals surface area contributed by atoms with Crippen molar-refractivity contribution < 1.29 is 27.5 Å². The highest BCUT2D eigenvalue weighted by atomic mass is 32.2. The van der Waals surface area contributed by atoms with Gasteiger partial charge >= 0.3 is 5.97 Å². The van der Waals surface area contributed by atoms with Gasteiger partial charge in [0.1, 0.15) is 16.0 Å². The molecule has 1 unspecified atom stereocenters. The fourth-order valence-electron chi connectivity index (χ4n) is 2.09. The second kappa shape index (κ2) is 4.86. The van der Waals surface area contributed by atoms with E-state index in [4.69, 9.17) is 5.11 Å². The molecule has 0 aromatic heterocycles. The first-order valence-electron chi connectivity index (χ1n) is 5.77. The summed E-state index contributed by atoms with van der Waals surface area (Å²) in [5.41, 5.74) is -0.344. The van der Waals surface area contributed by atoms with Crippen LogP contribution in [0.5, 0.6) is 0 Å². The Kier molecular flexibility index (Phi) is 3.51. The number of hydrogen-bond acceptors (Lipinski definition) is 4. The largest absolute Gasteiger partial charge is 0.478 e. The normalized spacial score (nSPS) is 19.4. The molecule has 0 spiro atoms. The molecule has 2 rings (SSSR count). The SMILES string of the molecule is CN1CCC(S(=O)(=O)c2cc(C(=O)O)ccc2F)C1=O. The van der Waals surface area contributed by atoms with Crippen molar-refractivity contribution in [2.75, 3.05) is 13.6 Å².